The number of alkyl halides is 3. The zero-order valence-electron chi connectivity index (χ0n) is 12.0. The Morgan fingerprint density at radius 1 is 1.26 bits per heavy atom. The minimum absolute atomic E-state index is 0.129. The lowest BCUT2D eigenvalue weighted by Gasteiger charge is -2.23. The van der Waals surface area contributed by atoms with Gasteiger partial charge in [-0.2, -0.15) is 13.2 Å². The molecule has 1 amide bonds. The standard InChI is InChI=1S/C15H13F3N2O3/c1-19-6-5-10(8-19)9-20(14(23)15(16,17)18)12-4-2-3-11(7-12)13(21)22/h2-8H,9H2,1H3,(H,21,22). The van der Waals surface area contributed by atoms with Crippen LogP contribution in [0.5, 0.6) is 0 Å². The smallest absolute Gasteiger partial charge is 0.471 e. The van der Waals surface area contributed by atoms with Crippen LogP contribution >= 0.6 is 0 Å². The number of aromatic carboxylic acids is 1. The van der Waals surface area contributed by atoms with E-state index in [9.17, 15) is 22.8 Å². The molecule has 0 bridgehead atoms. The topological polar surface area (TPSA) is 62.5 Å². The number of benzene rings is 1. The van der Waals surface area contributed by atoms with E-state index in [1.54, 1.807) is 30.1 Å². The minimum atomic E-state index is -5.06. The van der Waals surface area contributed by atoms with Gasteiger partial charge in [0.05, 0.1) is 12.1 Å². The third-order valence-electron chi connectivity index (χ3n) is 3.13. The first-order valence-corrected chi connectivity index (χ1v) is 6.51. The number of halogens is 3. The molecule has 0 fully saturated rings. The lowest BCUT2D eigenvalue weighted by molar-refractivity contribution is -0.170. The summed E-state index contributed by atoms with van der Waals surface area (Å²) in [6.07, 6.45) is -1.84. The van der Waals surface area contributed by atoms with Gasteiger partial charge in [-0.25, -0.2) is 4.79 Å². The van der Waals surface area contributed by atoms with Crippen LogP contribution in [0.15, 0.2) is 42.7 Å². The number of aryl methyl sites for hydroxylation is 1. The molecule has 0 unspecified atom stereocenters. The molecule has 0 spiro atoms. The van der Waals surface area contributed by atoms with Gasteiger partial charge in [-0.3, -0.25) is 4.79 Å². The van der Waals surface area contributed by atoms with Gasteiger partial charge in [0.2, 0.25) is 0 Å². The van der Waals surface area contributed by atoms with Crippen molar-refractivity contribution in [2.75, 3.05) is 4.90 Å². The Kier molecular flexibility index (Phi) is 4.44. The van der Waals surface area contributed by atoms with Gasteiger partial charge in [0.1, 0.15) is 0 Å². The molecule has 1 heterocycles. The summed E-state index contributed by atoms with van der Waals surface area (Å²) in [6, 6.07) is 6.41. The maximum atomic E-state index is 12.8. The molecular formula is C15H13F3N2O3. The van der Waals surface area contributed by atoms with Crippen LogP contribution in [0.25, 0.3) is 0 Å². The van der Waals surface area contributed by atoms with Crippen molar-refractivity contribution in [1.82, 2.24) is 4.57 Å². The number of hydrogen-bond donors (Lipinski definition) is 1. The van der Waals surface area contributed by atoms with Gasteiger partial charge in [0, 0.05) is 25.1 Å². The van der Waals surface area contributed by atoms with E-state index in [2.05, 4.69) is 0 Å². The third kappa shape index (κ3) is 3.91. The van der Waals surface area contributed by atoms with Gasteiger partial charge in [-0.15, -0.1) is 0 Å². The highest BCUT2D eigenvalue weighted by Gasteiger charge is 2.43. The highest BCUT2D eigenvalue weighted by atomic mass is 19.4. The monoisotopic (exact) mass is 326 g/mol. The zero-order valence-corrected chi connectivity index (χ0v) is 12.0. The van der Waals surface area contributed by atoms with E-state index >= 15 is 0 Å². The number of carboxylic acids is 1. The van der Waals surface area contributed by atoms with Crippen LogP contribution in [-0.4, -0.2) is 27.7 Å². The molecule has 1 aromatic heterocycles. The molecule has 23 heavy (non-hydrogen) atoms. The fraction of sp³-hybridized carbons (Fsp3) is 0.200. The number of anilines is 1. The lowest BCUT2D eigenvalue weighted by atomic mass is 10.1. The van der Waals surface area contributed by atoms with Crippen LogP contribution in [0.4, 0.5) is 18.9 Å². The highest BCUT2D eigenvalue weighted by molar-refractivity contribution is 5.98. The van der Waals surface area contributed by atoms with E-state index < -0.39 is 18.1 Å². The van der Waals surface area contributed by atoms with Crippen molar-refractivity contribution in [3.05, 3.63) is 53.9 Å². The molecule has 8 heteroatoms. The second-order valence-corrected chi connectivity index (χ2v) is 4.93. The van der Waals surface area contributed by atoms with E-state index in [1.807, 2.05) is 0 Å². The predicted octanol–water partition coefficient (Wildman–Crippen LogP) is 2.82. The van der Waals surface area contributed by atoms with Gasteiger partial charge in [-0.05, 0) is 29.8 Å². The minimum Gasteiger partial charge on any atom is -0.478 e. The largest absolute Gasteiger partial charge is 0.478 e. The number of carbonyl (C=O) groups excluding carboxylic acids is 1. The second kappa shape index (κ2) is 6.15. The summed E-state index contributed by atoms with van der Waals surface area (Å²) in [7, 11) is 1.70. The average Bonchev–Trinajstić information content (AvgIpc) is 2.88. The number of aromatic nitrogens is 1. The van der Waals surface area contributed by atoms with Crippen molar-refractivity contribution in [3.63, 3.8) is 0 Å². The molecule has 1 N–H and O–H groups in total. The molecule has 0 aliphatic carbocycles. The van der Waals surface area contributed by atoms with Crippen LogP contribution in [0, 0.1) is 0 Å². The number of hydrogen-bond acceptors (Lipinski definition) is 2. The van der Waals surface area contributed by atoms with Crippen LogP contribution in [-0.2, 0) is 18.4 Å². The van der Waals surface area contributed by atoms with Crippen molar-refractivity contribution in [1.29, 1.82) is 0 Å². The van der Waals surface area contributed by atoms with Crippen LogP contribution in [0.2, 0.25) is 0 Å². The Morgan fingerprint density at radius 3 is 2.48 bits per heavy atom. The number of carboxylic acid groups (broad SMARTS) is 1. The summed E-state index contributed by atoms with van der Waals surface area (Å²) in [5.41, 5.74) is 0.164. The Hall–Kier alpha value is -2.77. The molecule has 5 nitrogen and oxygen atoms in total. The molecule has 0 radical (unpaired) electrons. The fourth-order valence-electron chi connectivity index (χ4n) is 2.08. The fourth-order valence-corrected chi connectivity index (χ4v) is 2.08. The summed E-state index contributed by atoms with van der Waals surface area (Å²) in [5.74, 6) is -3.34. The van der Waals surface area contributed by atoms with E-state index in [4.69, 9.17) is 5.11 Å². The first-order valence-electron chi connectivity index (χ1n) is 6.51. The zero-order chi connectivity index (χ0) is 17.2. The van der Waals surface area contributed by atoms with Gasteiger partial charge < -0.3 is 14.6 Å². The summed E-state index contributed by atoms with van der Waals surface area (Å²) >= 11 is 0. The Morgan fingerprint density at radius 2 is 1.96 bits per heavy atom. The van der Waals surface area contributed by atoms with Gasteiger partial charge in [0.25, 0.3) is 0 Å². The van der Waals surface area contributed by atoms with Crippen molar-refractivity contribution in [3.8, 4) is 0 Å². The molecule has 0 atom stereocenters. The summed E-state index contributed by atoms with van der Waals surface area (Å²) in [5, 5.41) is 8.95. The summed E-state index contributed by atoms with van der Waals surface area (Å²) in [6.45, 7) is -0.317. The van der Waals surface area contributed by atoms with Gasteiger partial charge >= 0.3 is 18.1 Å². The maximum absolute atomic E-state index is 12.8. The third-order valence-corrected chi connectivity index (χ3v) is 3.13. The Balaban J connectivity index is 2.42. The van der Waals surface area contributed by atoms with E-state index in [0.29, 0.717) is 10.5 Å². The molecule has 0 aliphatic heterocycles. The number of rotatable bonds is 4. The van der Waals surface area contributed by atoms with Crippen molar-refractivity contribution in [2.24, 2.45) is 7.05 Å². The van der Waals surface area contributed by atoms with Crippen molar-refractivity contribution >= 4 is 17.6 Å². The van der Waals surface area contributed by atoms with E-state index in [0.717, 1.165) is 6.07 Å². The number of amides is 1. The summed E-state index contributed by atoms with van der Waals surface area (Å²) < 4.78 is 40.2. The molecule has 122 valence electrons. The molecule has 2 aromatic rings. The molecule has 0 aliphatic rings. The average molecular weight is 326 g/mol. The molecule has 0 saturated carbocycles. The maximum Gasteiger partial charge on any atom is 0.471 e. The second-order valence-electron chi connectivity index (χ2n) is 4.93. The highest BCUT2D eigenvalue weighted by Crippen LogP contribution is 2.26. The molecule has 1 aromatic carbocycles. The lowest BCUT2D eigenvalue weighted by Crippen LogP contribution is -2.40. The first kappa shape index (κ1) is 16.6. The van der Waals surface area contributed by atoms with Crippen molar-refractivity contribution in [2.45, 2.75) is 12.7 Å². The Labute approximate surface area is 129 Å². The Bertz CT molecular complexity index is 738. The van der Waals surface area contributed by atoms with Crippen molar-refractivity contribution < 1.29 is 27.9 Å². The first-order chi connectivity index (χ1) is 10.7. The number of nitrogens with zero attached hydrogens (tertiary/aromatic N) is 2. The van der Waals surface area contributed by atoms with E-state index in [1.165, 1.54) is 18.2 Å². The quantitative estimate of drug-likeness (QED) is 0.940. The van der Waals surface area contributed by atoms with Crippen LogP contribution in [0.1, 0.15) is 15.9 Å². The number of carbonyl (C=O) groups is 2. The summed E-state index contributed by atoms with van der Waals surface area (Å²) in [4.78, 5) is 23.2. The van der Waals surface area contributed by atoms with Gasteiger partial charge in [0.15, 0.2) is 0 Å². The van der Waals surface area contributed by atoms with Crippen LogP contribution < -0.4 is 4.90 Å². The normalized spacial score (nSPS) is 11.3. The van der Waals surface area contributed by atoms with E-state index in [-0.39, 0.29) is 17.8 Å². The SMILES string of the molecule is Cn1ccc(CN(C(=O)C(F)(F)F)c2cccc(C(=O)O)c2)c1. The van der Waals surface area contributed by atoms with Gasteiger partial charge in [-0.1, -0.05) is 6.07 Å². The molecule has 0 saturated heterocycles. The molecule has 2 rings (SSSR count). The molecular weight excluding hydrogens is 313 g/mol. The predicted molar refractivity (Wildman–Crippen MR) is 76.1 cm³/mol. The van der Waals surface area contributed by atoms with Crippen LogP contribution in [0.3, 0.4) is 0 Å².